The second-order valence-electron chi connectivity index (χ2n) is 5.65. The van der Waals surface area contributed by atoms with Gasteiger partial charge in [0.2, 0.25) is 0 Å². The molecule has 3 aromatic rings. The van der Waals surface area contributed by atoms with Gasteiger partial charge in [-0.2, -0.15) is 4.99 Å². The predicted octanol–water partition coefficient (Wildman–Crippen LogP) is 2.09. The molecule has 0 radical (unpaired) electrons. The maximum absolute atomic E-state index is 12.5. The van der Waals surface area contributed by atoms with E-state index in [4.69, 9.17) is 4.74 Å². The fraction of sp³-hybridized carbons (Fsp3) is 0.167. The fourth-order valence-corrected chi connectivity index (χ4v) is 3.83. The van der Waals surface area contributed by atoms with E-state index < -0.39 is 0 Å². The average Bonchev–Trinajstić information content (AvgIpc) is 2.93. The zero-order valence-corrected chi connectivity index (χ0v) is 14.3. The summed E-state index contributed by atoms with van der Waals surface area (Å²) in [4.78, 5) is 30.9. The van der Waals surface area contributed by atoms with Crippen LogP contribution in [0.5, 0.6) is 5.75 Å². The highest BCUT2D eigenvalue weighted by molar-refractivity contribution is 7.16. The first-order chi connectivity index (χ1) is 12.1. The van der Waals surface area contributed by atoms with E-state index in [0.717, 1.165) is 10.2 Å². The van der Waals surface area contributed by atoms with Gasteiger partial charge in [0, 0.05) is 7.05 Å². The number of carbonyl (C=O) groups excluding carboxylic acids is 2. The van der Waals surface area contributed by atoms with Crippen LogP contribution in [0.3, 0.4) is 0 Å². The van der Waals surface area contributed by atoms with Gasteiger partial charge in [0.05, 0.1) is 15.9 Å². The summed E-state index contributed by atoms with van der Waals surface area (Å²) in [5.74, 6) is -0.0162. The molecule has 6 nitrogen and oxygen atoms in total. The van der Waals surface area contributed by atoms with Gasteiger partial charge in [-0.05, 0) is 24.3 Å². The molecule has 2 heterocycles. The average molecular weight is 353 g/mol. The summed E-state index contributed by atoms with van der Waals surface area (Å²) >= 11 is 1.45. The SMILES string of the molecule is Cn1c(=NC(=O)CN2C(=O)COc3ccccc32)sc2ccccc21. The number of fused-ring (bicyclic) bond motifs is 2. The van der Waals surface area contributed by atoms with Gasteiger partial charge in [0.15, 0.2) is 11.4 Å². The minimum atomic E-state index is -0.368. The molecule has 0 saturated heterocycles. The molecule has 0 atom stereocenters. The number of aryl methyl sites for hydroxylation is 1. The number of ether oxygens (including phenoxy) is 1. The molecule has 0 fully saturated rings. The van der Waals surface area contributed by atoms with Crippen LogP contribution in [0.25, 0.3) is 10.2 Å². The molecule has 0 aliphatic carbocycles. The Morgan fingerprint density at radius 2 is 1.96 bits per heavy atom. The van der Waals surface area contributed by atoms with Crippen molar-refractivity contribution in [3.63, 3.8) is 0 Å². The van der Waals surface area contributed by atoms with Gasteiger partial charge in [-0.25, -0.2) is 0 Å². The number of para-hydroxylation sites is 3. The molecule has 0 saturated carbocycles. The summed E-state index contributed by atoms with van der Waals surface area (Å²) in [6.07, 6.45) is 0. The molecule has 1 aliphatic heterocycles. The third kappa shape index (κ3) is 2.83. The molecule has 0 bridgehead atoms. The van der Waals surface area contributed by atoms with E-state index >= 15 is 0 Å². The third-order valence-corrected chi connectivity index (χ3v) is 5.15. The number of amides is 2. The lowest BCUT2D eigenvalue weighted by atomic mass is 10.2. The number of aromatic nitrogens is 1. The van der Waals surface area contributed by atoms with Gasteiger partial charge < -0.3 is 9.30 Å². The second kappa shape index (κ2) is 6.18. The van der Waals surface area contributed by atoms with Crippen LogP contribution >= 0.6 is 11.3 Å². The molecule has 4 rings (SSSR count). The van der Waals surface area contributed by atoms with Crippen molar-refractivity contribution in [1.82, 2.24) is 4.57 Å². The lowest BCUT2D eigenvalue weighted by Crippen LogP contribution is -2.42. The van der Waals surface area contributed by atoms with Gasteiger partial charge in [-0.3, -0.25) is 14.5 Å². The lowest BCUT2D eigenvalue weighted by Gasteiger charge is -2.28. The molecule has 25 heavy (non-hydrogen) atoms. The van der Waals surface area contributed by atoms with Crippen LogP contribution in [0.4, 0.5) is 5.69 Å². The zero-order chi connectivity index (χ0) is 17.4. The topological polar surface area (TPSA) is 63.9 Å². The van der Waals surface area contributed by atoms with Crippen molar-refractivity contribution in [3.05, 3.63) is 53.3 Å². The first kappa shape index (κ1) is 15.6. The van der Waals surface area contributed by atoms with Gasteiger partial charge in [-0.1, -0.05) is 35.6 Å². The zero-order valence-electron chi connectivity index (χ0n) is 13.5. The Bertz CT molecular complexity index is 1050. The maximum atomic E-state index is 12.5. The Balaban J connectivity index is 1.66. The van der Waals surface area contributed by atoms with Crippen LogP contribution in [0.15, 0.2) is 53.5 Å². The number of thiazole rings is 1. The molecule has 1 aromatic heterocycles. The van der Waals surface area contributed by atoms with Crippen LogP contribution in [-0.4, -0.2) is 29.5 Å². The number of carbonyl (C=O) groups is 2. The summed E-state index contributed by atoms with van der Waals surface area (Å²) < 4.78 is 8.33. The number of hydrogen-bond acceptors (Lipinski definition) is 4. The number of hydrogen-bond donors (Lipinski definition) is 0. The van der Waals surface area contributed by atoms with Crippen molar-refractivity contribution in [1.29, 1.82) is 0 Å². The van der Waals surface area contributed by atoms with Crippen LogP contribution in [0, 0.1) is 0 Å². The van der Waals surface area contributed by atoms with E-state index in [9.17, 15) is 9.59 Å². The normalized spacial score (nSPS) is 14.5. The molecule has 126 valence electrons. The van der Waals surface area contributed by atoms with Gasteiger partial charge in [0.25, 0.3) is 11.8 Å². The van der Waals surface area contributed by atoms with E-state index in [0.29, 0.717) is 16.2 Å². The molecule has 2 aromatic carbocycles. The van der Waals surface area contributed by atoms with Crippen LogP contribution in [-0.2, 0) is 16.6 Å². The Morgan fingerprint density at radius 1 is 1.20 bits per heavy atom. The van der Waals surface area contributed by atoms with Crippen molar-refractivity contribution in [2.45, 2.75) is 0 Å². The largest absolute Gasteiger partial charge is 0.482 e. The first-order valence-corrected chi connectivity index (χ1v) is 8.59. The molecular weight excluding hydrogens is 338 g/mol. The molecule has 7 heteroatoms. The Labute approximate surface area is 147 Å². The minimum Gasteiger partial charge on any atom is -0.482 e. The van der Waals surface area contributed by atoms with E-state index in [1.165, 1.54) is 16.2 Å². The highest BCUT2D eigenvalue weighted by Crippen LogP contribution is 2.31. The summed E-state index contributed by atoms with van der Waals surface area (Å²) in [7, 11) is 1.88. The number of benzene rings is 2. The summed E-state index contributed by atoms with van der Waals surface area (Å²) in [5.41, 5.74) is 1.62. The van der Waals surface area contributed by atoms with E-state index in [2.05, 4.69) is 4.99 Å². The Kier molecular flexibility index (Phi) is 3.85. The summed E-state index contributed by atoms with van der Waals surface area (Å²) in [6, 6.07) is 15.1. The van der Waals surface area contributed by atoms with Crippen molar-refractivity contribution < 1.29 is 14.3 Å². The van der Waals surface area contributed by atoms with Crippen LogP contribution in [0.2, 0.25) is 0 Å². The van der Waals surface area contributed by atoms with Gasteiger partial charge >= 0.3 is 0 Å². The van der Waals surface area contributed by atoms with E-state index in [-0.39, 0.29) is 25.0 Å². The maximum Gasteiger partial charge on any atom is 0.268 e. The highest BCUT2D eigenvalue weighted by atomic mass is 32.1. The fourth-order valence-electron chi connectivity index (χ4n) is 2.79. The lowest BCUT2D eigenvalue weighted by molar-refractivity contribution is -0.124. The molecule has 0 spiro atoms. The monoisotopic (exact) mass is 353 g/mol. The number of anilines is 1. The summed E-state index contributed by atoms with van der Waals surface area (Å²) in [5, 5.41) is 0. The van der Waals surface area contributed by atoms with E-state index in [1.807, 2.05) is 41.9 Å². The Morgan fingerprint density at radius 3 is 2.80 bits per heavy atom. The number of nitrogens with zero attached hydrogens (tertiary/aromatic N) is 3. The second-order valence-corrected chi connectivity index (χ2v) is 6.66. The molecule has 0 unspecified atom stereocenters. The van der Waals surface area contributed by atoms with E-state index in [1.54, 1.807) is 18.2 Å². The molecule has 2 amide bonds. The molecule has 0 N–H and O–H groups in total. The van der Waals surface area contributed by atoms with Crippen molar-refractivity contribution >= 4 is 39.1 Å². The van der Waals surface area contributed by atoms with Crippen LogP contribution in [0.1, 0.15) is 0 Å². The van der Waals surface area contributed by atoms with Gasteiger partial charge in [0.1, 0.15) is 12.3 Å². The predicted molar refractivity (Wildman–Crippen MR) is 95.7 cm³/mol. The standard InChI is InChI=1S/C18H15N3O3S/c1-20-13-7-3-5-9-15(13)25-18(20)19-16(22)10-21-12-6-2-4-8-14(12)24-11-17(21)23/h2-9H,10-11H2,1H3. The summed E-state index contributed by atoms with van der Waals surface area (Å²) in [6.45, 7) is -0.172. The highest BCUT2D eigenvalue weighted by Gasteiger charge is 2.26. The van der Waals surface area contributed by atoms with Crippen molar-refractivity contribution in [2.24, 2.45) is 12.0 Å². The van der Waals surface area contributed by atoms with Crippen molar-refractivity contribution in [3.8, 4) is 5.75 Å². The third-order valence-electron chi connectivity index (χ3n) is 4.04. The number of rotatable bonds is 2. The van der Waals surface area contributed by atoms with Gasteiger partial charge in [-0.15, -0.1) is 0 Å². The minimum absolute atomic E-state index is 0.0685. The quantitative estimate of drug-likeness (QED) is 0.709. The molecular formula is C18H15N3O3S. The molecule has 1 aliphatic rings. The Hall–Kier alpha value is -2.93. The van der Waals surface area contributed by atoms with Crippen LogP contribution < -0.4 is 14.4 Å². The smallest absolute Gasteiger partial charge is 0.268 e. The van der Waals surface area contributed by atoms with Crippen molar-refractivity contribution in [2.75, 3.05) is 18.1 Å². The first-order valence-electron chi connectivity index (χ1n) is 7.78.